The van der Waals surface area contributed by atoms with Crippen molar-refractivity contribution < 1.29 is 19.7 Å². The van der Waals surface area contributed by atoms with E-state index in [0.717, 1.165) is 24.8 Å². The van der Waals surface area contributed by atoms with E-state index in [1.54, 1.807) is 0 Å². The van der Waals surface area contributed by atoms with Gasteiger partial charge in [0.05, 0.1) is 12.5 Å². The molecule has 1 saturated carbocycles. The van der Waals surface area contributed by atoms with Gasteiger partial charge >= 0.3 is 5.97 Å². The Morgan fingerprint density at radius 3 is 2.68 bits per heavy atom. The molecule has 0 bridgehead atoms. The van der Waals surface area contributed by atoms with Gasteiger partial charge in [0.2, 0.25) is 0 Å². The average Bonchev–Trinajstić information content (AvgIpc) is 2.54. The standard InChI is InChI=1S/C18H24O4/c1-17-9-6-10-18(2,16(19)21-3)15(17)11-14(22-20)12-7-4-5-8-13(12)17/h4-5,7-8,14-15,20H,6,9-11H2,1-3H3/t14-,15+,17-,18+/m0/s1. The van der Waals surface area contributed by atoms with Crippen LogP contribution in [0.15, 0.2) is 24.3 Å². The summed E-state index contributed by atoms with van der Waals surface area (Å²) in [6.07, 6.45) is 3.11. The van der Waals surface area contributed by atoms with E-state index < -0.39 is 5.41 Å². The van der Waals surface area contributed by atoms with Gasteiger partial charge in [-0.25, -0.2) is 4.89 Å². The third-order valence-electron chi connectivity index (χ3n) is 6.08. The predicted molar refractivity (Wildman–Crippen MR) is 82.3 cm³/mol. The number of carbonyl (C=O) groups excluding carboxylic acids is 1. The summed E-state index contributed by atoms with van der Waals surface area (Å²) in [4.78, 5) is 17.2. The minimum absolute atomic E-state index is 0.0905. The minimum atomic E-state index is -0.536. The van der Waals surface area contributed by atoms with Crippen LogP contribution in [0.5, 0.6) is 0 Å². The van der Waals surface area contributed by atoms with Crippen molar-refractivity contribution in [1.82, 2.24) is 0 Å². The number of hydrogen-bond donors (Lipinski definition) is 1. The molecule has 2 aliphatic carbocycles. The first-order chi connectivity index (χ1) is 10.5. The van der Waals surface area contributed by atoms with Crippen LogP contribution in [0.1, 0.15) is 56.8 Å². The number of rotatable bonds is 2. The van der Waals surface area contributed by atoms with Crippen LogP contribution >= 0.6 is 0 Å². The summed E-state index contributed by atoms with van der Waals surface area (Å²) in [5.74, 6) is -0.0623. The van der Waals surface area contributed by atoms with Crippen molar-refractivity contribution in [3.05, 3.63) is 35.4 Å². The normalized spacial score (nSPS) is 37.1. The number of fused-ring (bicyclic) bond motifs is 3. The van der Waals surface area contributed by atoms with Crippen LogP contribution in [-0.2, 0) is 19.8 Å². The topological polar surface area (TPSA) is 55.8 Å². The van der Waals surface area contributed by atoms with Crippen LogP contribution in [0, 0.1) is 11.3 Å². The van der Waals surface area contributed by atoms with Gasteiger partial charge < -0.3 is 4.74 Å². The van der Waals surface area contributed by atoms with E-state index >= 15 is 0 Å². The van der Waals surface area contributed by atoms with Gasteiger partial charge in [0, 0.05) is 0 Å². The van der Waals surface area contributed by atoms with E-state index in [9.17, 15) is 10.1 Å². The molecule has 120 valence electrons. The summed E-state index contributed by atoms with van der Waals surface area (Å²) in [6, 6.07) is 8.11. The maximum Gasteiger partial charge on any atom is 0.311 e. The second-order valence-corrected chi connectivity index (χ2v) is 7.15. The van der Waals surface area contributed by atoms with E-state index in [4.69, 9.17) is 9.62 Å². The van der Waals surface area contributed by atoms with Gasteiger partial charge in [-0.05, 0) is 48.6 Å². The van der Waals surface area contributed by atoms with Crippen LogP contribution in [-0.4, -0.2) is 18.3 Å². The highest BCUT2D eigenvalue weighted by Gasteiger charge is 2.57. The number of esters is 1. The fraction of sp³-hybridized carbons (Fsp3) is 0.611. The second kappa shape index (κ2) is 5.36. The quantitative estimate of drug-likeness (QED) is 0.512. The predicted octanol–water partition coefficient (Wildman–Crippen LogP) is 3.86. The molecular formula is C18H24O4. The number of ether oxygens (including phenoxy) is 1. The van der Waals surface area contributed by atoms with Gasteiger partial charge in [0.25, 0.3) is 0 Å². The van der Waals surface area contributed by atoms with Crippen LogP contribution in [0.4, 0.5) is 0 Å². The van der Waals surface area contributed by atoms with E-state index in [1.807, 2.05) is 25.1 Å². The first-order valence-electron chi connectivity index (χ1n) is 7.95. The molecule has 4 heteroatoms. The molecule has 2 aliphatic rings. The number of methoxy groups -OCH3 is 1. The summed E-state index contributed by atoms with van der Waals surface area (Å²) in [6.45, 7) is 4.24. The van der Waals surface area contributed by atoms with Crippen molar-refractivity contribution >= 4 is 5.97 Å². The highest BCUT2D eigenvalue weighted by Crippen LogP contribution is 2.59. The van der Waals surface area contributed by atoms with Crippen LogP contribution in [0.2, 0.25) is 0 Å². The molecule has 0 aromatic heterocycles. The Morgan fingerprint density at radius 2 is 2.00 bits per heavy atom. The third kappa shape index (κ3) is 2.01. The van der Waals surface area contributed by atoms with Crippen molar-refractivity contribution in [2.45, 2.75) is 51.0 Å². The van der Waals surface area contributed by atoms with Gasteiger partial charge in [0.15, 0.2) is 0 Å². The molecule has 0 amide bonds. The first kappa shape index (κ1) is 15.5. The van der Waals surface area contributed by atoms with E-state index in [0.29, 0.717) is 6.42 Å². The smallest absolute Gasteiger partial charge is 0.311 e. The molecule has 1 fully saturated rings. The molecule has 22 heavy (non-hydrogen) atoms. The van der Waals surface area contributed by atoms with Crippen molar-refractivity contribution in [3.8, 4) is 0 Å². The Balaban J connectivity index is 2.14. The first-order valence-corrected chi connectivity index (χ1v) is 7.95. The molecule has 3 rings (SSSR count). The zero-order valence-corrected chi connectivity index (χ0v) is 13.5. The molecule has 0 spiro atoms. The largest absolute Gasteiger partial charge is 0.469 e. The summed E-state index contributed by atoms with van der Waals surface area (Å²) in [5, 5.41) is 9.36. The number of benzene rings is 1. The zero-order valence-electron chi connectivity index (χ0n) is 13.5. The van der Waals surface area contributed by atoms with Crippen molar-refractivity contribution in [1.29, 1.82) is 0 Å². The molecule has 0 heterocycles. The number of carbonyl (C=O) groups is 1. The van der Waals surface area contributed by atoms with Crippen molar-refractivity contribution in [3.63, 3.8) is 0 Å². The number of hydrogen-bond acceptors (Lipinski definition) is 4. The summed E-state index contributed by atoms with van der Waals surface area (Å²) >= 11 is 0. The Hall–Kier alpha value is -1.39. The molecule has 1 aromatic carbocycles. The minimum Gasteiger partial charge on any atom is -0.469 e. The lowest BCUT2D eigenvalue weighted by Crippen LogP contribution is -2.53. The maximum atomic E-state index is 12.5. The third-order valence-corrected chi connectivity index (χ3v) is 6.08. The van der Waals surface area contributed by atoms with E-state index in [1.165, 1.54) is 12.7 Å². The Bertz CT molecular complexity index is 584. The van der Waals surface area contributed by atoms with Gasteiger partial charge in [0.1, 0.15) is 6.10 Å². The van der Waals surface area contributed by atoms with Crippen LogP contribution < -0.4 is 0 Å². The highest BCUT2D eigenvalue weighted by molar-refractivity contribution is 5.77. The lowest BCUT2D eigenvalue weighted by molar-refractivity contribution is -0.291. The van der Waals surface area contributed by atoms with E-state index in [2.05, 4.69) is 13.0 Å². The van der Waals surface area contributed by atoms with Gasteiger partial charge in [-0.15, -0.1) is 0 Å². The van der Waals surface area contributed by atoms with Crippen molar-refractivity contribution in [2.24, 2.45) is 11.3 Å². The molecule has 0 aliphatic heterocycles. The molecular weight excluding hydrogens is 280 g/mol. The van der Waals surface area contributed by atoms with E-state index in [-0.39, 0.29) is 23.4 Å². The van der Waals surface area contributed by atoms with Crippen LogP contribution in [0.3, 0.4) is 0 Å². The SMILES string of the molecule is COC(=O)[C@]1(C)CCC[C@@]2(C)c3ccccc3[C@@H](OO)C[C@@H]12. The lowest BCUT2D eigenvalue weighted by atomic mass is 9.49. The molecule has 0 unspecified atom stereocenters. The Labute approximate surface area is 131 Å². The lowest BCUT2D eigenvalue weighted by Gasteiger charge is -2.54. The Morgan fingerprint density at radius 1 is 1.27 bits per heavy atom. The van der Waals surface area contributed by atoms with Crippen LogP contribution in [0.25, 0.3) is 0 Å². The molecule has 1 N–H and O–H groups in total. The zero-order chi connectivity index (χ0) is 16.0. The van der Waals surface area contributed by atoms with Gasteiger partial charge in [-0.1, -0.05) is 37.6 Å². The Kier molecular flexibility index (Phi) is 3.77. The monoisotopic (exact) mass is 304 g/mol. The fourth-order valence-electron chi connectivity index (χ4n) is 4.93. The van der Waals surface area contributed by atoms with Crippen molar-refractivity contribution in [2.75, 3.05) is 7.11 Å². The molecule has 0 saturated heterocycles. The highest BCUT2D eigenvalue weighted by atomic mass is 17.1. The maximum absolute atomic E-state index is 12.5. The van der Waals surface area contributed by atoms with Gasteiger partial charge in [-0.2, -0.15) is 0 Å². The summed E-state index contributed by atoms with van der Waals surface area (Å²) < 4.78 is 5.10. The van der Waals surface area contributed by atoms with Gasteiger partial charge in [-0.3, -0.25) is 10.1 Å². The molecule has 4 nitrogen and oxygen atoms in total. The molecule has 1 aromatic rings. The summed E-state index contributed by atoms with van der Waals surface area (Å²) in [5.41, 5.74) is 1.61. The summed E-state index contributed by atoms with van der Waals surface area (Å²) in [7, 11) is 1.45. The molecule has 0 radical (unpaired) electrons. The second-order valence-electron chi connectivity index (χ2n) is 7.15. The average molecular weight is 304 g/mol. The molecule has 4 atom stereocenters. The fourth-order valence-corrected chi connectivity index (χ4v) is 4.93.